The molecule has 0 bridgehead atoms. The lowest BCUT2D eigenvalue weighted by Gasteiger charge is -2.17. The van der Waals surface area contributed by atoms with Crippen LogP contribution in [0.1, 0.15) is 16.7 Å². The van der Waals surface area contributed by atoms with Crippen molar-refractivity contribution in [1.29, 1.82) is 0 Å². The largest absolute Gasteiger partial charge is 0.394 e. The van der Waals surface area contributed by atoms with Crippen molar-refractivity contribution in [3.05, 3.63) is 42.1 Å². The number of nitrogens with zero attached hydrogens (tertiary/aromatic N) is 2. The third-order valence-corrected chi connectivity index (χ3v) is 3.92. The number of carbonyl (C=O) groups excluding carboxylic acids is 1. The molecule has 0 radical (unpaired) electrons. The molecule has 0 aliphatic carbocycles. The summed E-state index contributed by atoms with van der Waals surface area (Å²) >= 11 is 0. The Kier molecular flexibility index (Phi) is 4.68. The van der Waals surface area contributed by atoms with Gasteiger partial charge in [0, 0.05) is 5.69 Å². The molecule has 9 nitrogen and oxygen atoms in total. The summed E-state index contributed by atoms with van der Waals surface area (Å²) in [6, 6.07) is 5.31. The van der Waals surface area contributed by atoms with Crippen LogP contribution in [-0.2, 0) is 4.74 Å². The van der Waals surface area contributed by atoms with Gasteiger partial charge in [-0.1, -0.05) is 6.07 Å². The normalized spacial score (nSPS) is 25.9. The molecular weight excluding hydrogens is 335 g/mol. The molecule has 1 aliphatic rings. The number of imidazole rings is 1. The highest BCUT2D eigenvalue weighted by atomic mass is 19.1. The summed E-state index contributed by atoms with van der Waals surface area (Å²) in [5, 5.41) is 31.4. The fourth-order valence-corrected chi connectivity index (χ4v) is 2.61. The first-order chi connectivity index (χ1) is 11.9. The molecular formula is C15H17FN4O5. The zero-order chi connectivity index (χ0) is 18.1. The van der Waals surface area contributed by atoms with Gasteiger partial charge in [0.2, 0.25) is 0 Å². The van der Waals surface area contributed by atoms with Crippen LogP contribution in [0.3, 0.4) is 0 Å². The predicted molar refractivity (Wildman–Crippen MR) is 84.0 cm³/mol. The standard InChI is InChI=1S/C15H17FN4O5/c16-7-2-1-3-8(4-7)19-14(24)10-13(17)20(6-18-10)15-12(23)11(22)9(5-21)25-15/h1-4,6,9,11-12,15,21-23H,5,17H2,(H,19,24)/t9-,11+,12?,15-/m1/s1. The molecule has 1 aliphatic heterocycles. The van der Waals surface area contributed by atoms with Crippen molar-refractivity contribution in [3.63, 3.8) is 0 Å². The second-order valence-electron chi connectivity index (χ2n) is 5.58. The van der Waals surface area contributed by atoms with Crippen molar-refractivity contribution in [1.82, 2.24) is 9.55 Å². The predicted octanol–water partition coefficient (Wildman–Crippen LogP) is -0.532. The Morgan fingerprint density at radius 2 is 2.16 bits per heavy atom. The number of aliphatic hydroxyl groups excluding tert-OH is 3. The average Bonchev–Trinajstić information content (AvgIpc) is 3.08. The number of nitrogens with one attached hydrogen (secondary N) is 1. The van der Waals surface area contributed by atoms with Crippen molar-refractivity contribution in [2.24, 2.45) is 0 Å². The summed E-state index contributed by atoms with van der Waals surface area (Å²) in [4.78, 5) is 16.1. The first kappa shape index (κ1) is 17.3. The Hall–Kier alpha value is -2.53. The van der Waals surface area contributed by atoms with Crippen LogP contribution < -0.4 is 11.1 Å². The summed E-state index contributed by atoms with van der Waals surface area (Å²) in [6.45, 7) is -0.490. The maximum Gasteiger partial charge on any atom is 0.278 e. The number of hydrogen-bond donors (Lipinski definition) is 5. The lowest BCUT2D eigenvalue weighted by atomic mass is 10.1. The Bertz CT molecular complexity index is 783. The summed E-state index contributed by atoms with van der Waals surface area (Å²) in [5.74, 6) is -1.29. The summed E-state index contributed by atoms with van der Waals surface area (Å²) < 4.78 is 19.7. The lowest BCUT2D eigenvalue weighted by molar-refractivity contribution is -0.0518. The number of carbonyl (C=O) groups is 1. The molecule has 1 fully saturated rings. The molecule has 6 N–H and O–H groups in total. The van der Waals surface area contributed by atoms with E-state index in [2.05, 4.69) is 10.3 Å². The van der Waals surface area contributed by atoms with Gasteiger partial charge in [-0.25, -0.2) is 9.37 Å². The third kappa shape index (κ3) is 3.20. The summed E-state index contributed by atoms with van der Waals surface area (Å²) in [5.41, 5.74) is 5.97. The summed E-state index contributed by atoms with van der Waals surface area (Å²) in [6.07, 6.45) is -3.56. The zero-order valence-electron chi connectivity index (χ0n) is 12.9. The Labute approximate surface area is 141 Å². The number of ether oxygens (including phenoxy) is 1. The van der Waals surface area contributed by atoms with Gasteiger partial charge in [-0.3, -0.25) is 9.36 Å². The number of halogens is 1. The van der Waals surface area contributed by atoms with Crippen molar-refractivity contribution in [3.8, 4) is 0 Å². The first-order valence-corrected chi connectivity index (χ1v) is 7.44. The van der Waals surface area contributed by atoms with Gasteiger partial charge in [0.1, 0.15) is 29.9 Å². The average molecular weight is 352 g/mol. The van der Waals surface area contributed by atoms with Crippen molar-refractivity contribution < 1.29 is 29.2 Å². The number of anilines is 2. The summed E-state index contributed by atoms with van der Waals surface area (Å²) in [7, 11) is 0. The Morgan fingerprint density at radius 1 is 1.40 bits per heavy atom. The van der Waals surface area contributed by atoms with Gasteiger partial charge < -0.3 is 31.1 Å². The minimum atomic E-state index is -1.35. The quantitative estimate of drug-likeness (QED) is 0.498. The molecule has 2 aromatic rings. The Morgan fingerprint density at radius 3 is 2.80 bits per heavy atom. The smallest absolute Gasteiger partial charge is 0.278 e. The van der Waals surface area contributed by atoms with E-state index < -0.39 is 42.9 Å². The van der Waals surface area contributed by atoms with Crippen LogP contribution in [0.5, 0.6) is 0 Å². The number of rotatable bonds is 4. The first-order valence-electron chi connectivity index (χ1n) is 7.44. The van der Waals surface area contributed by atoms with E-state index in [4.69, 9.17) is 15.6 Å². The van der Waals surface area contributed by atoms with E-state index in [1.54, 1.807) is 0 Å². The molecule has 25 heavy (non-hydrogen) atoms. The molecule has 3 rings (SSSR count). The fraction of sp³-hybridized carbons (Fsp3) is 0.333. The number of aromatic nitrogens is 2. The minimum Gasteiger partial charge on any atom is -0.394 e. The van der Waals surface area contributed by atoms with E-state index in [0.717, 1.165) is 6.07 Å². The van der Waals surface area contributed by atoms with E-state index in [0.29, 0.717) is 0 Å². The van der Waals surface area contributed by atoms with Crippen LogP contribution in [0.15, 0.2) is 30.6 Å². The van der Waals surface area contributed by atoms with E-state index >= 15 is 0 Å². The molecule has 0 saturated carbocycles. The van der Waals surface area contributed by atoms with Gasteiger partial charge in [-0.05, 0) is 18.2 Å². The molecule has 1 aromatic carbocycles. The van der Waals surface area contributed by atoms with Crippen LogP contribution in [-0.4, -0.2) is 55.7 Å². The highest BCUT2D eigenvalue weighted by molar-refractivity contribution is 6.05. The van der Waals surface area contributed by atoms with E-state index in [9.17, 15) is 19.4 Å². The number of nitrogens with two attached hydrogens (primary N) is 1. The molecule has 4 atom stereocenters. The van der Waals surface area contributed by atoms with E-state index in [1.165, 1.54) is 29.1 Å². The van der Waals surface area contributed by atoms with Gasteiger partial charge in [0.15, 0.2) is 11.9 Å². The monoisotopic (exact) mass is 352 g/mol. The highest BCUT2D eigenvalue weighted by Gasteiger charge is 2.44. The molecule has 1 unspecified atom stereocenters. The number of hydrogen-bond acceptors (Lipinski definition) is 7. The molecule has 2 heterocycles. The number of nitrogen functional groups attached to an aromatic ring is 1. The zero-order valence-corrected chi connectivity index (χ0v) is 12.9. The molecule has 10 heteroatoms. The van der Waals surface area contributed by atoms with Crippen LogP contribution in [0.2, 0.25) is 0 Å². The van der Waals surface area contributed by atoms with Gasteiger partial charge in [0.25, 0.3) is 5.91 Å². The van der Waals surface area contributed by atoms with E-state index in [1.807, 2.05) is 0 Å². The van der Waals surface area contributed by atoms with Crippen LogP contribution >= 0.6 is 0 Å². The molecule has 1 aromatic heterocycles. The maximum absolute atomic E-state index is 13.2. The second kappa shape index (κ2) is 6.76. The number of aliphatic hydroxyl groups is 3. The SMILES string of the molecule is Nc1c(C(=O)Nc2cccc(F)c2)ncn1[C@@H]1O[C@H](CO)[C@H](O)C1O. The topological polar surface area (TPSA) is 143 Å². The van der Waals surface area contributed by atoms with Gasteiger partial charge in [-0.15, -0.1) is 0 Å². The molecule has 1 saturated heterocycles. The van der Waals surface area contributed by atoms with Crippen LogP contribution in [0.25, 0.3) is 0 Å². The lowest BCUT2D eigenvalue weighted by Crippen LogP contribution is -2.33. The Balaban J connectivity index is 1.80. The molecule has 134 valence electrons. The number of benzene rings is 1. The molecule has 0 spiro atoms. The second-order valence-corrected chi connectivity index (χ2v) is 5.58. The molecule has 1 amide bonds. The van der Waals surface area contributed by atoms with Gasteiger partial charge in [0.05, 0.1) is 12.9 Å². The van der Waals surface area contributed by atoms with Gasteiger partial charge in [-0.2, -0.15) is 0 Å². The van der Waals surface area contributed by atoms with Crippen molar-refractivity contribution in [2.75, 3.05) is 17.7 Å². The van der Waals surface area contributed by atoms with Crippen molar-refractivity contribution in [2.45, 2.75) is 24.5 Å². The van der Waals surface area contributed by atoms with Crippen LogP contribution in [0, 0.1) is 5.82 Å². The number of amides is 1. The fourth-order valence-electron chi connectivity index (χ4n) is 2.61. The van der Waals surface area contributed by atoms with Gasteiger partial charge >= 0.3 is 0 Å². The van der Waals surface area contributed by atoms with E-state index in [-0.39, 0.29) is 17.2 Å². The maximum atomic E-state index is 13.2. The third-order valence-electron chi connectivity index (χ3n) is 3.92. The van der Waals surface area contributed by atoms with Crippen LogP contribution in [0.4, 0.5) is 15.9 Å². The highest BCUT2D eigenvalue weighted by Crippen LogP contribution is 2.31. The minimum absolute atomic E-state index is 0.108. The van der Waals surface area contributed by atoms with Crippen molar-refractivity contribution >= 4 is 17.4 Å².